The normalized spacial score (nSPS) is 11.9. The number of aromatic nitrogens is 1. The van der Waals surface area contributed by atoms with Crippen molar-refractivity contribution in [3.63, 3.8) is 0 Å². The second-order valence-electron chi connectivity index (χ2n) is 4.30. The fourth-order valence-electron chi connectivity index (χ4n) is 2.03. The molecule has 0 fully saturated rings. The molecular formula is C15H16FNO4. The van der Waals surface area contributed by atoms with E-state index in [9.17, 15) is 9.50 Å². The topological polar surface area (TPSA) is 60.8 Å². The van der Waals surface area contributed by atoms with Gasteiger partial charge in [-0.3, -0.25) is 4.98 Å². The van der Waals surface area contributed by atoms with Crippen molar-refractivity contribution in [2.45, 2.75) is 6.10 Å². The van der Waals surface area contributed by atoms with Crippen LogP contribution in [0.1, 0.15) is 17.2 Å². The molecule has 1 atom stereocenters. The van der Waals surface area contributed by atoms with Crippen LogP contribution in [0.2, 0.25) is 0 Å². The number of methoxy groups -OCH3 is 3. The van der Waals surface area contributed by atoms with Gasteiger partial charge < -0.3 is 19.3 Å². The third-order valence-electron chi connectivity index (χ3n) is 3.04. The minimum absolute atomic E-state index is 0.337. The number of hydrogen-bond donors (Lipinski definition) is 1. The highest BCUT2D eigenvalue weighted by Crippen LogP contribution is 2.40. The molecule has 2 aromatic rings. The predicted octanol–water partition coefficient (Wildman–Crippen LogP) is 2.33. The maximum Gasteiger partial charge on any atom is 0.203 e. The van der Waals surface area contributed by atoms with Crippen LogP contribution in [0.3, 0.4) is 0 Å². The van der Waals surface area contributed by atoms with Crippen LogP contribution in [0.5, 0.6) is 17.2 Å². The molecule has 1 aromatic carbocycles. The number of pyridine rings is 1. The number of halogens is 1. The summed E-state index contributed by atoms with van der Waals surface area (Å²) in [7, 11) is 4.46. The third kappa shape index (κ3) is 3.05. The predicted molar refractivity (Wildman–Crippen MR) is 74.4 cm³/mol. The first kappa shape index (κ1) is 15.1. The number of hydrogen-bond acceptors (Lipinski definition) is 5. The average Bonchev–Trinajstić information content (AvgIpc) is 2.52. The lowest BCUT2D eigenvalue weighted by molar-refractivity contribution is 0.217. The van der Waals surface area contributed by atoms with Crippen molar-refractivity contribution < 1.29 is 23.7 Å². The Hall–Kier alpha value is -2.34. The zero-order chi connectivity index (χ0) is 15.4. The summed E-state index contributed by atoms with van der Waals surface area (Å²) in [4.78, 5) is 3.73. The highest BCUT2D eigenvalue weighted by molar-refractivity contribution is 5.55. The van der Waals surface area contributed by atoms with E-state index >= 15 is 0 Å². The van der Waals surface area contributed by atoms with Gasteiger partial charge in [-0.15, -0.1) is 0 Å². The summed E-state index contributed by atoms with van der Waals surface area (Å²) in [5, 5.41) is 10.4. The van der Waals surface area contributed by atoms with Crippen LogP contribution in [-0.2, 0) is 0 Å². The number of nitrogens with zero attached hydrogens (tertiary/aromatic N) is 1. The minimum atomic E-state index is -1.05. The molecule has 0 aliphatic heterocycles. The number of aliphatic hydroxyl groups excluding tert-OH is 1. The summed E-state index contributed by atoms with van der Waals surface area (Å²) in [5.41, 5.74) is 0.821. The maximum atomic E-state index is 13.2. The van der Waals surface area contributed by atoms with E-state index in [1.165, 1.54) is 33.6 Å². The molecule has 0 saturated heterocycles. The Morgan fingerprint density at radius 2 is 1.57 bits per heavy atom. The molecule has 0 spiro atoms. The largest absolute Gasteiger partial charge is 0.493 e. The molecule has 2 rings (SSSR count). The van der Waals surface area contributed by atoms with Gasteiger partial charge in [0, 0.05) is 11.8 Å². The summed E-state index contributed by atoms with van der Waals surface area (Å²) in [6, 6.07) is 4.44. The van der Waals surface area contributed by atoms with Crippen molar-refractivity contribution in [3.05, 3.63) is 47.5 Å². The van der Waals surface area contributed by atoms with E-state index < -0.39 is 11.9 Å². The van der Waals surface area contributed by atoms with Gasteiger partial charge in [-0.2, -0.15) is 0 Å². The Kier molecular flexibility index (Phi) is 4.59. The first-order chi connectivity index (χ1) is 10.1. The molecule has 0 bridgehead atoms. The standard InChI is InChI=1S/C15H16FNO4/c1-19-12-5-9(6-13(20-2)15(12)21-3)14(18)10-4-11(16)8-17-7-10/h4-8,14,18H,1-3H3. The quantitative estimate of drug-likeness (QED) is 0.916. The smallest absolute Gasteiger partial charge is 0.203 e. The van der Waals surface area contributed by atoms with Crippen LogP contribution in [-0.4, -0.2) is 31.4 Å². The van der Waals surface area contributed by atoms with Gasteiger partial charge in [-0.1, -0.05) is 0 Å². The van der Waals surface area contributed by atoms with Crippen LogP contribution in [0.25, 0.3) is 0 Å². The number of benzene rings is 1. The monoisotopic (exact) mass is 293 g/mol. The van der Waals surface area contributed by atoms with Gasteiger partial charge in [0.1, 0.15) is 11.9 Å². The average molecular weight is 293 g/mol. The summed E-state index contributed by atoms with van der Waals surface area (Å²) < 4.78 is 28.9. The van der Waals surface area contributed by atoms with Gasteiger partial charge in [-0.25, -0.2) is 4.39 Å². The first-order valence-corrected chi connectivity index (χ1v) is 6.19. The molecule has 6 heteroatoms. The molecule has 0 saturated carbocycles. The Morgan fingerprint density at radius 3 is 2.05 bits per heavy atom. The fourth-order valence-corrected chi connectivity index (χ4v) is 2.03. The Morgan fingerprint density at radius 1 is 0.952 bits per heavy atom. The number of aliphatic hydroxyl groups is 1. The van der Waals surface area contributed by atoms with Crippen LogP contribution in [0.4, 0.5) is 4.39 Å². The Bertz CT molecular complexity index is 608. The Labute approximate surface area is 121 Å². The van der Waals surface area contributed by atoms with Crippen LogP contribution < -0.4 is 14.2 Å². The molecular weight excluding hydrogens is 277 g/mol. The molecule has 0 aliphatic rings. The van der Waals surface area contributed by atoms with E-state index in [2.05, 4.69) is 4.98 Å². The van der Waals surface area contributed by atoms with Gasteiger partial charge in [0.25, 0.3) is 0 Å². The van der Waals surface area contributed by atoms with Crippen LogP contribution in [0, 0.1) is 5.82 Å². The van der Waals surface area contributed by atoms with Crippen molar-refractivity contribution >= 4 is 0 Å². The summed E-state index contributed by atoms with van der Waals surface area (Å²) >= 11 is 0. The van der Waals surface area contributed by atoms with Gasteiger partial charge in [0.05, 0.1) is 27.5 Å². The van der Waals surface area contributed by atoms with E-state index in [0.29, 0.717) is 28.4 Å². The van der Waals surface area contributed by atoms with Gasteiger partial charge in [0.2, 0.25) is 5.75 Å². The lowest BCUT2D eigenvalue weighted by Gasteiger charge is -2.17. The maximum absolute atomic E-state index is 13.2. The summed E-state index contributed by atoms with van der Waals surface area (Å²) in [6.07, 6.45) is 1.42. The number of ether oxygens (including phenoxy) is 3. The molecule has 1 heterocycles. The Balaban J connectivity index is 2.48. The van der Waals surface area contributed by atoms with E-state index in [4.69, 9.17) is 14.2 Å². The number of rotatable bonds is 5. The van der Waals surface area contributed by atoms with Crippen LogP contribution in [0.15, 0.2) is 30.6 Å². The van der Waals surface area contributed by atoms with Crippen molar-refractivity contribution in [1.82, 2.24) is 4.98 Å². The molecule has 1 unspecified atom stereocenters. The second-order valence-corrected chi connectivity index (χ2v) is 4.30. The van der Waals surface area contributed by atoms with Gasteiger partial charge in [-0.05, 0) is 23.8 Å². The molecule has 1 N–H and O–H groups in total. The molecule has 1 aromatic heterocycles. The van der Waals surface area contributed by atoms with E-state index in [0.717, 1.165) is 6.20 Å². The van der Waals surface area contributed by atoms with E-state index in [1.807, 2.05) is 0 Å². The van der Waals surface area contributed by atoms with Crippen molar-refractivity contribution in [3.8, 4) is 17.2 Å². The van der Waals surface area contributed by atoms with Crippen molar-refractivity contribution in [1.29, 1.82) is 0 Å². The summed E-state index contributed by atoms with van der Waals surface area (Å²) in [5.74, 6) is 0.734. The highest BCUT2D eigenvalue weighted by atomic mass is 19.1. The van der Waals surface area contributed by atoms with Gasteiger partial charge >= 0.3 is 0 Å². The minimum Gasteiger partial charge on any atom is -0.493 e. The van der Waals surface area contributed by atoms with Crippen molar-refractivity contribution in [2.75, 3.05) is 21.3 Å². The van der Waals surface area contributed by atoms with Gasteiger partial charge in [0.15, 0.2) is 11.5 Å². The summed E-state index contributed by atoms with van der Waals surface area (Å²) in [6.45, 7) is 0. The molecule has 0 radical (unpaired) electrons. The first-order valence-electron chi connectivity index (χ1n) is 6.19. The van der Waals surface area contributed by atoms with Crippen LogP contribution >= 0.6 is 0 Å². The lowest BCUT2D eigenvalue weighted by Crippen LogP contribution is -2.03. The molecule has 0 amide bonds. The third-order valence-corrected chi connectivity index (χ3v) is 3.04. The molecule has 21 heavy (non-hydrogen) atoms. The SMILES string of the molecule is COc1cc(C(O)c2cncc(F)c2)cc(OC)c1OC. The molecule has 5 nitrogen and oxygen atoms in total. The van der Waals surface area contributed by atoms with E-state index in [1.54, 1.807) is 12.1 Å². The zero-order valence-corrected chi connectivity index (χ0v) is 12.0. The molecule has 112 valence electrons. The van der Waals surface area contributed by atoms with E-state index in [-0.39, 0.29) is 0 Å². The zero-order valence-electron chi connectivity index (χ0n) is 12.0. The highest BCUT2D eigenvalue weighted by Gasteiger charge is 2.19. The van der Waals surface area contributed by atoms with Crippen molar-refractivity contribution in [2.24, 2.45) is 0 Å². The molecule has 0 aliphatic carbocycles. The lowest BCUT2D eigenvalue weighted by atomic mass is 10.0. The second kappa shape index (κ2) is 6.41. The fraction of sp³-hybridized carbons (Fsp3) is 0.267.